The van der Waals surface area contributed by atoms with Gasteiger partial charge in [0, 0.05) is 12.8 Å². The van der Waals surface area contributed by atoms with Crippen molar-refractivity contribution in [1.82, 2.24) is 0 Å². The summed E-state index contributed by atoms with van der Waals surface area (Å²) in [5.74, 6) is -2.48. The first-order valence-electron chi connectivity index (χ1n) is 38.4. The molecule has 0 heterocycles. The molecule has 0 fully saturated rings. The van der Waals surface area contributed by atoms with E-state index in [-0.39, 0.29) is 25.7 Å². The Balaban J connectivity index is 5.49. The molecule has 0 rings (SSSR count). The molecule has 0 aromatic carbocycles. The Kier molecular flexibility index (Phi) is 69.1. The Morgan fingerprint density at radius 1 is 0.300 bits per heavy atom. The van der Waals surface area contributed by atoms with Crippen molar-refractivity contribution >= 4 is 39.5 Å². The van der Waals surface area contributed by atoms with E-state index in [0.717, 1.165) is 116 Å². The van der Waals surface area contributed by atoms with Gasteiger partial charge >= 0.3 is 39.5 Å². The molecule has 0 aliphatic heterocycles. The van der Waals surface area contributed by atoms with Crippen LogP contribution in [0.15, 0.2) is 134 Å². The van der Waals surface area contributed by atoms with Crippen molar-refractivity contribution in [2.45, 2.75) is 316 Å². The predicted molar refractivity (Wildman–Crippen MR) is 408 cm³/mol. The van der Waals surface area contributed by atoms with Crippen LogP contribution < -0.4 is 0 Å². The molecule has 0 saturated carbocycles. The van der Waals surface area contributed by atoms with Gasteiger partial charge in [0.15, 0.2) is 12.2 Å². The fourth-order valence-corrected chi connectivity index (χ4v) is 11.5. The van der Waals surface area contributed by atoms with Gasteiger partial charge in [0.2, 0.25) is 0 Å². The highest BCUT2D eigenvalue weighted by atomic mass is 31.2. The van der Waals surface area contributed by atoms with Crippen LogP contribution in [0, 0.1) is 0 Å². The first-order valence-corrected chi connectivity index (χ1v) is 41.4. The molecule has 0 radical (unpaired) electrons. The second kappa shape index (κ2) is 72.5. The Morgan fingerprint density at radius 2 is 0.550 bits per heavy atom. The minimum absolute atomic E-state index is 0.0613. The average Bonchev–Trinajstić information content (AvgIpc) is 1.01. The maximum absolute atomic E-state index is 13.1. The molecule has 19 heteroatoms. The van der Waals surface area contributed by atoms with Crippen molar-refractivity contribution in [3.63, 3.8) is 0 Å². The summed E-state index contributed by atoms with van der Waals surface area (Å²) in [6, 6.07) is 0. The van der Waals surface area contributed by atoms with Gasteiger partial charge in [-0.3, -0.25) is 37.3 Å². The molecule has 17 nitrogen and oxygen atoms in total. The second-order valence-electron chi connectivity index (χ2n) is 25.2. The summed E-state index contributed by atoms with van der Waals surface area (Å²) >= 11 is 0. The number of rotatable bonds is 71. The Labute approximate surface area is 605 Å². The van der Waals surface area contributed by atoms with Gasteiger partial charge in [-0.25, -0.2) is 9.13 Å². The number of aliphatic hydroxyl groups is 1. The van der Waals surface area contributed by atoms with Crippen LogP contribution in [-0.4, -0.2) is 96.7 Å². The van der Waals surface area contributed by atoms with Crippen LogP contribution in [0.1, 0.15) is 297 Å². The highest BCUT2D eigenvalue weighted by Crippen LogP contribution is 2.45. The molecule has 0 aliphatic carbocycles. The molecule has 5 unspecified atom stereocenters. The molecule has 0 spiro atoms. The molecule has 0 bridgehead atoms. The number of phosphoric ester groups is 2. The number of carbonyl (C=O) groups excluding carboxylic acids is 4. The Bertz CT molecular complexity index is 2420. The first-order chi connectivity index (χ1) is 48.7. The lowest BCUT2D eigenvalue weighted by Gasteiger charge is -2.21. The number of carbonyl (C=O) groups is 4. The van der Waals surface area contributed by atoms with Gasteiger partial charge in [-0.1, -0.05) is 303 Å². The zero-order chi connectivity index (χ0) is 73.2. The summed E-state index contributed by atoms with van der Waals surface area (Å²) in [5.41, 5.74) is 0. The van der Waals surface area contributed by atoms with Gasteiger partial charge in [0.1, 0.15) is 19.3 Å². The maximum atomic E-state index is 13.1. The zero-order valence-electron chi connectivity index (χ0n) is 62.3. The third kappa shape index (κ3) is 71.6. The topological polar surface area (TPSA) is 237 Å². The van der Waals surface area contributed by atoms with Crippen LogP contribution in [0.5, 0.6) is 0 Å². The van der Waals surface area contributed by atoms with Gasteiger partial charge in [-0.05, 0) is 103 Å². The second-order valence-corrected chi connectivity index (χ2v) is 28.1. The molecule has 0 aliphatic rings. The van der Waals surface area contributed by atoms with E-state index in [1.54, 1.807) is 12.2 Å². The fourth-order valence-electron chi connectivity index (χ4n) is 9.89. The van der Waals surface area contributed by atoms with E-state index < -0.39 is 97.5 Å². The fraction of sp³-hybridized carbons (Fsp3) is 0.679. The normalized spacial score (nSPS) is 14.7. The van der Waals surface area contributed by atoms with Gasteiger partial charge in [-0.2, -0.15) is 0 Å². The molecular weight excluding hydrogens is 1310 g/mol. The number of hydrogen-bond acceptors (Lipinski definition) is 15. The molecule has 0 aromatic heterocycles. The first kappa shape index (κ1) is 95.2. The Morgan fingerprint density at radius 3 is 0.840 bits per heavy atom. The number of esters is 4. The average molecular weight is 1440 g/mol. The predicted octanol–water partition coefficient (Wildman–Crippen LogP) is 22.1. The maximum Gasteiger partial charge on any atom is 0.472 e. The van der Waals surface area contributed by atoms with Crippen molar-refractivity contribution in [2.24, 2.45) is 0 Å². The monoisotopic (exact) mass is 1440 g/mol. The van der Waals surface area contributed by atoms with Crippen LogP contribution in [0.25, 0.3) is 0 Å². The van der Waals surface area contributed by atoms with Crippen molar-refractivity contribution in [1.29, 1.82) is 0 Å². The third-order valence-electron chi connectivity index (χ3n) is 15.7. The van der Waals surface area contributed by atoms with E-state index in [4.69, 9.17) is 37.0 Å². The number of aliphatic hydroxyl groups excluding tert-OH is 1. The summed E-state index contributed by atoms with van der Waals surface area (Å²) in [6.07, 6.45) is 80.7. The van der Waals surface area contributed by atoms with Gasteiger partial charge in [0.05, 0.1) is 39.3 Å². The molecule has 0 aromatic rings. The van der Waals surface area contributed by atoms with Crippen molar-refractivity contribution in [2.75, 3.05) is 39.6 Å². The largest absolute Gasteiger partial charge is 0.472 e. The third-order valence-corrected chi connectivity index (χ3v) is 17.6. The van der Waals surface area contributed by atoms with E-state index in [2.05, 4.69) is 113 Å². The molecule has 0 saturated heterocycles. The lowest BCUT2D eigenvalue weighted by atomic mass is 10.0. The van der Waals surface area contributed by atoms with Gasteiger partial charge < -0.3 is 33.8 Å². The van der Waals surface area contributed by atoms with E-state index in [1.165, 1.54) is 103 Å². The quantitative estimate of drug-likeness (QED) is 0.0169. The molecule has 3 N–H and O–H groups in total. The number of phosphoric acid groups is 2. The number of ether oxygens (including phenoxy) is 4. The van der Waals surface area contributed by atoms with E-state index in [0.29, 0.717) is 25.7 Å². The lowest BCUT2D eigenvalue weighted by Crippen LogP contribution is -2.30. The summed E-state index contributed by atoms with van der Waals surface area (Å²) in [7, 11) is -10.0. The van der Waals surface area contributed by atoms with Crippen molar-refractivity contribution < 1.29 is 80.2 Å². The number of hydrogen-bond donors (Lipinski definition) is 3. The number of allylic oxidation sites excluding steroid dienone is 20. The molecule has 5 atom stereocenters. The van der Waals surface area contributed by atoms with Crippen LogP contribution >= 0.6 is 15.6 Å². The van der Waals surface area contributed by atoms with Crippen molar-refractivity contribution in [3.05, 3.63) is 134 Å². The Hall–Kier alpha value is -4.80. The van der Waals surface area contributed by atoms with E-state index in [1.807, 2.05) is 36.5 Å². The highest BCUT2D eigenvalue weighted by molar-refractivity contribution is 7.47. The van der Waals surface area contributed by atoms with Crippen LogP contribution in [0.4, 0.5) is 0 Å². The van der Waals surface area contributed by atoms with E-state index >= 15 is 0 Å². The summed E-state index contributed by atoms with van der Waals surface area (Å²) in [4.78, 5) is 72.7. The minimum atomic E-state index is -5.00. The van der Waals surface area contributed by atoms with Crippen molar-refractivity contribution in [3.8, 4) is 0 Å². The summed E-state index contributed by atoms with van der Waals surface area (Å²) in [6.45, 7) is 4.41. The number of unbranched alkanes of at least 4 members (excludes halogenated alkanes) is 25. The van der Waals surface area contributed by atoms with E-state index in [9.17, 15) is 43.2 Å². The molecule has 0 amide bonds. The smallest absolute Gasteiger partial charge is 0.461 e. The standard InChI is InChI=1S/C81H136O17P2/c1-5-9-13-17-21-25-29-33-37-41-45-49-53-57-61-65-78(83)91-71-76(97-80(85)67-63-59-55-51-47-43-39-35-31-27-23-19-15-11-7-3)73-95-99(87,88)93-69-75(82)70-94-100(89,90)96-74-77(98-81(86)68-64-60-56-52-48-44-40-36-32-28-24-20-16-12-8-4)72-92-79(84)66-62-58-54-50-46-42-38-34-30-26-22-18-14-10-6-2/h9-10,13-14,21-22,25-26,33-35,37-39,45-46,49-50,57-58,61-62,75-77,82H,5-8,11-12,15-20,23-24,27-32,36,40-44,47-48,51-56,59-60,63-74H2,1-4H3,(H,87,88)(H,89,90)/b13-9-,14-10-,25-21-,26-22-,37-33-,38-34-,39-35-,49-45-,50-46-,61-57-,62-58-. The molecule has 572 valence electrons. The van der Waals surface area contributed by atoms with Crippen LogP contribution in [-0.2, 0) is 65.4 Å². The molecule has 100 heavy (non-hydrogen) atoms. The van der Waals surface area contributed by atoms with Crippen LogP contribution in [0.3, 0.4) is 0 Å². The summed E-state index contributed by atoms with van der Waals surface area (Å²) < 4.78 is 68.2. The van der Waals surface area contributed by atoms with Gasteiger partial charge in [-0.15, -0.1) is 0 Å². The molecular formula is C81H136O17P2. The lowest BCUT2D eigenvalue weighted by molar-refractivity contribution is -0.161. The highest BCUT2D eigenvalue weighted by Gasteiger charge is 2.30. The van der Waals surface area contributed by atoms with Crippen LogP contribution in [0.2, 0.25) is 0 Å². The zero-order valence-corrected chi connectivity index (χ0v) is 64.1. The minimum Gasteiger partial charge on any atom is -0.461 e. The SMILES string of the molecule is CC/C=C\C/C=C\C/C=C\C/C=C\C/C=C\CC(=O)OCC(COP(=O)(O)OCC(O)COP(=O)(O)OCC(COC(=O)C/C=C\C/C=C\C/C=C\C/C=C\C/C=C\CC)OC(=O)CCCCCCCCCCCCCCCCC)OC(=O)CCCCCCC/C=C\CCCCCCCC. The van der Waals surface area contributed by atoms with Gasteiger partial charge in [0.25, 0.3) is 0 Å². The summed E-state index contributed by atoms with van der Waals surface area (Å²) in [5, 5.41) is 10.6.